The molecule has 1 aliphatic rings. The van der Waals surface area contributed by atoms with Crippen LogP contribution < -0.4 is 10.6 Å². The highest BCUT2D eigenvalue weighted by molar-refractivity contribution is 6.40. The Hall–Kier alpha value is -2.09. The topological polar surface area (TPSA) is 90.1 Å². The van der Waals surface area contributed by atoms with Crippen molar-refractivity contribution in [2.75, 3.05) is 18.4 Å². The van der Waals surface area contributed by atoms with Crippen LogP contribution in [0.5, 0.6) is 0 Å². The average Bonchev–Trinajstić information content (AvgIpc) is 3.10. The molecule has 9 heteroatoms. The number of amides is 2. The van der Waals surface area contributed by atoms with E-state index in [4.69, 9.17) is 23.2 Å². The van der Waals surface area contributed by atoms with Crippen LogP contribution in [-0.2, 0) is 0 Å². The predicted molar refractivity (Wildman–Crippen MR) is 110 cm³/mol. The molecule has 0 radical (unpaired) electrons. The molecule has 2 amide bonds. The first-order chi connectivity index (χ1) is 13.4. The molecule has 3 rings (SSSR count). The summed E-state index contributed by atoms with van der Waals surface area (Å²) in [6.07, 6.45) is 3.16. The summed E-state index contributed by atoms with van der Waals surface area (Å²) in [5.74, 6) is -0.808. The lowest BCUT2D eigenvalue weighted by atomic mass is 10.0. The molecule has 2 aromatic rings. The zero-order valence-corrected chi connectivity index (χ0v) is 17.3. The minimum absolute atomic E-state index is 0.0902. The lowest BCUT2D eigenvalue weighted by Crippen LogP contribution is -2.46. The van der Waals surface area contributed by atoms with Crippen LogP contribution in [0.15, 0.2) is 24.4 Å². The molecule has 1 saturated heterocycles. The second kappa shape index (κ2) is 8.94. The summed E-state index contributed by atoms with van der Waals surface area (Å²) < 4.78 is 0. The zero-order valence-electron chi connectivity index (χ0n) is 15.8. The third-order valence-electron chi connectivity index (χ3n) is 4.90. The number of piperidine rings is 1. The Bertz CT molecular complexity index is 840. The van der Waals surface area contributed by atoms with Crippen molar-refractivity contribution < 1.29 is 9.59 Å². The van der Waals surface area contributed by atoms with Gasteiger partial charge in [-0.15, -0.1) is 0 Å². The van der Waals surface area contributed by atoms with E-state index in [1.807, 2.05) is 0 Å². The molecule has 0 atom stereocenters. The number of halogens is 2. The van der Waals surface area contributed by atoms with Crippen LogP contribution >= 0.6 is 23.2 Å². The monoisotopic (exact) mass is 423 g/mol. The maximum Gasteiger partial charge on any atom is 0.271 e. The van der Waals surface area contributed by atoms with Crippen molar-refractivity contribution in [2.24, 2.45) is 0 Å². The van der Waals surface area contributed by atoms with Gasteiger partial charge in [0, 0.05) is 25.2 Å². The van der Waals surface area contributed by atoms with Gasteiger partial charge < -0.3 is 15.5 Å². The molecule has 150 valence electrons. The number of carbonyl (C=O) groups excluding carboxylic acids is 2. The molecule has 0 bridgehead atoms. The predicted octanol–water partition coefficient (Wildman–Crippen LogP) is 3.57. The molecule has 1 aromatic carbocycles. The first-order valence-electron chi connectivity index (χ1n) is 9.20. The van der Waals surface area contributed by atoms with E-state index in [1.54, 1.807) is 18.2 Å². The molecule has 0 spiro atoms. The fraction of sp³-hybridized carbons (Fsp3) is 0.421. The number of aromatic amines is 1. The number of hydrogen-bond donors (Lipinski definition) is 3. The molecular formula is C19H23Cl2N5O2. The molecule has 2 heterocycles. The normalized spacial score (nSPS) is 15.6. The Morgan fingerprint density at radius 3 is 2.43 bits per heavy atom. The number of hydrogen-bond acceptors (Lipinski definition) is 4. The number of benzene rings is 1. The number of carbonyl (C=O) groups is 2. The van der Waals surface area contributed by atoms with Crippen molar-refractivity contribution >= 4 is 40.7 Å². The molecule has 3 N–H and O–H groups in total. The maximum atomic E-state index is 12.7. The number of nitrogens with zero attached hydrogens (tertiary/aromatic N) is 2. The second-order valence-electron chi connectivity index (χ2n) is 7.09. The Labute approximate surface area is 173 Å². The van der Waals surface area contributed by atoms with E-state index >= 15 is 0 Å². The van der Waals surface area contributed by atoms with Crippen LogP contribution in [0, 0.1) is 0 Å². The lowest BCUT2D eigenvalue weighted by Gasteiger charge is -2.34. The van der Waals surface area contributed by atoms with Crippen molar-refractivity contribution in [3.8, 4) is 0 Å². The van der Waals surface area contributed by atoms with Crippen molar-refractivity contribution in [3.05, 3.63) is 45.7 Å². The number of H-pyrrole nitrogens is 1. The molecular weight excluding hydrogens is 401 g/mol. The van der Waals surface area contributed by atoms with Crippen molar-refractivity contribution in [1.29, 1.82) is 0 Å². The molecule has 1 aromatic heterocycles. The highest BCUT2D eigenvalue weighted by atomic mass is 35.5. The molecule has 0 saturated carbocycles. The standard InChI is InChI=1S/C19H23Cl2N5O2/c1-11(2)26-8-6-12(7-9-26)23-19(28)17-15(10-22-25-17)24-18(27)16-13(20)4-3-5-14(16)21/h3-5,10-12H,6-9H2,1-2H3,(H,22,25)(H,23,28)(H,24,27). The fourth-order valence-corrected chi connectivity index (χ4v) is 3.84. The molecule has 0 aliphatic carbocycles. The summed E-state index contributed by atoms with van der Waals surface area (Å²) in [6.45, 7) is 6.23. The van der Waals surface area contributed by atoms with E-state index in [9.17, 15) is 9.59 Å². The molecule has 0 unspecified atom stereocenters. The fourth-order valence-electron chi connectivity index (χ4n) is 3.27. The van der Waals surface area contributed by atoms with E-state index in [-0.39, 0.29) is 38.9 Å². The first kappa shape index (κ1) is 20.6. The van der Waals surface area contributed by atoms with Gasteiger partial charge in [-0.3, -0.25) is 14.7 Å². The van der Waals surface area contributed by atoms with Crippen molar-refractivity contribution in [3.63, 3.8) is 0 Å². The summed E-state index contributed by atoms with van der Waals surface area (Å²) in [5, 5.41) is 12.7. The average molecular weight is 424 g/mol. The second-order valence-corrected chi connectivity index (χ2v) is 7.90. The van der Waals surface area contributed by atoms with Gasteiger partial charge in [0.15, 0.2) is 0 Å². The van der Waals surface area contributed by atoms with Crippen LogP contribution in [0.4, 0.5) is 5.69 Å². The van der Waals surface area contributed by atoms with E-state index < -0.39 is 5.91 Å². The van der Waals surface area contributed by atoms with E-state index in [0.717, 1.165) is 25.9 Å². The Morgan fingerprint density at radius 1 is 1.18 bits per heavy atom. The quantitative estimate of drug-likeness (QED) is 0.685. The number of rotatable bonds is 5. The lowest BCUT2D eigenvalue weighted by molar-refractivity contribution is 0.0896. The minimum atomic E-state index is -0.503. The zero-order chi connectivity index (χ0) is 20.3. The van der Waals surface area contributed by atoms with Gasteiger partial charge in [0.25, 0.3) is 11.8 Å². The Kier molecular flexibility index (Phi) is 6.59. The van der Waals surface area contributed by atoms with Crippen LogP contribution in [0.25, 0.3) is 0 Å². The molecule has 7 nitrogen and oxygen atoms in total. The van der Waals surface area contributed by atoms with Gasteiger partial charge in [0.05, 0.1) is 27.5 Å². The third-order valence-corrected chi connectivity index (χ3v) is 5.53. The van der Waals surface area contributed by atoms with E-state index in [0.29, 0.717) is 6.04 Å². The summed E-state index contributed by atoms with van der Waals surface area (Å²) in [6, 6.07) is 5.40. The minimum Gasteiger partial charge on any atom is -0.348 e. The van der Waals surface area contributed by atoms with Gasteiger partial charge in [0.2, 0.25) is 0 Å². The number of nitrogens with one attached hydrogen (secondary N) is 3. The van der Waals surface area contributed by atoms with Gasteiger partial charge in [-0.25, -0.2) is 0 Å². The van der Waals surface area contributed by atoms with Crippen LogP contribution in [0.2, 0.25) is 10.0 Å². The van der Waals surface area contributed by atoms with E-state index in [2.05, 4.69) is 39.6 Å². The van der Waals surface area contributed by atoms with E-state index in [1.165, 1.54) is 6.20 Å². The van der Waals surface area contributed by atoms with Crippen molar-refractivity contribution in [2.45, 2.75) is 38.8 Å². The summed E-state index contributed by atoms with van der Waals surface area (Å²) in [4.78, 5) is 27.6. The number of anilines is 1. The van der Waals surface area contributed by atoms with Crippen LogP contribution in [0.3, 0.4) is 0 Å². The largest absolute Gasteiger partial charge is 0.348 e. The smallest absolute Gasteiger partial charge is 0.271 e. The number of likely N-dealkylation sites (tertiary alicyclic amines) is 1. The van der Waals surface area contributed by atoms with Gasteiger partial charge in [-0.05, 0) is 38.8 Å². The van der Waals surface area contributed by atoms with Crippen molar-refractivity contribution in [1.82, 2.24) is 20.4 Å². The first-order valence-corrected chi connectivity index (χ1v) is 9.96. The van der Waals surface area contributed by atoms with Gasteiger partial charge >= 0.3 is 0 Å². The van der Waals surface area contributed by atoms with Gasteiger partial charge in [-0.2, -0.15) is 5.10 Å². The van der Waals surface area contributed by atoms with Gasteiger partial charge in [-0.1, -0.05) is 29.3 Å². The highest BCUT2D eigenvalue weighted by Crippen LogP contribution is 2.26. The molecule has 28 heavy (non-hydrogen) atoms. The summed E-state index contributed by atoms with van der Waals surface area (Å²) >= 11 is 12.2. The third kappa shape index (κ3) is 4.66. The summed E-state index contributed by atoms with van der Waals surface area (Å²) in [5.41, 5.74) is 0.625. The Morgan fingerprint density at radius 2 is 1.82 bits per heavy atom. The SMILES string of the molecule is CC(C)N1CCC(NC(=O)c2[nH]ncc2NC(=O)c2c(Cl)cccc2Cl)CC1. The molecule has 1 aliphatic heterocycles. The highest BCUT2D eigenvalue weighted by Gasteiger charge is 2.25. The summed E-state index contributed by atoms with van der Waals surface area (Å²) in [7, 11) is 0. The molecule has 1 fully saturated rings. The Balaban J connectivity index is 1.65. The number of aromatic nitrogens is 2. The maximum absolute atomic E-state index is 12.7. The van der Waals surface area contributed by atoms with Gasteiger partial charge in [0.1, 0.15) is 5.69 Å². The van der Waals surface area contributed by atoms with Crippen LogP contribution in [0.1, 0.15) is 47.5 Å². The van der Waals surface area contributed by atoms with Crippen LogP contribution in [-0.4, -0.2) is 52.1 Å².